The van der Waals surface area contributed by atoms with E-state index >= 15 is 0 Å². The zero-order valence-corrected chi connectivity index (χ0v) is 9.27. The van der Waals surface area contributed by atoms with E-state index < -0.39 is 0 Å². The molecule has 0 rings (SSSR count). The third-order valence-electron chi connectivity index (χ3n) is 2.53. The van der Waals surface area contributed by atoms with Crippen molar-refractivity contribution in [2.45, 2.75) is 59.4 Å². The summed E-state index contributed by atoms with van der Waals surface area (Å²) in [5.41, 5.74) is 0. The van der Waals surface area contributed by atoms with Crippen LogP contribution in [-0.2, 0) is 0 Å². The maximum Gasteiger partial charge on any atom is 0.00667 e. The number of rotatable bonds is 7. The van der Waals surface area contributed by atoms with E-state index in [2.05, 4.69) is 32.6 Å². The molecule has 74 valence electrons. The van der Waals surface area contributed by atoms with Crippen molar-refractivity contribution >= 4 is 0 Å². The second-order valence-electron chi connectivity index (χ2n) is 3.62. The molecule has 0 fully saturated rings. The van der Waals surface area contributed by atoms with Gasteiger partial charge < -0.3 is 4.90 Å². The van der Waals surface area contributed by atoms with Gasteiger partial charge in [-0.3, -0.25) is 0 Å². The van der Waals surface area contributed by atoms with Gasteiger partial charge in [0.05, 0.1) is 0 Å². The Hall–Kier alpha value is -0.0400. The van der Waals surface area contributed by atoms with Crippen molar-refractivity contribution in [2.24, 2.45) is 0 Å². The summed E-state index contributed by atoms with van der Waals surface area (Å²) in [6.45, 7) is 11.6. The molecule has 0 radical (unpaired) electrons. The highest BCUT2D eigenvalue weighted by Crippen LogP contribution is 2.07. The largest absolute Gasteiger partial charge is 0.301 e. The first kappa shape index (κ1) is 12.0. The smallest absolute Gasteiger partial charge is 0.00667 e. The van der Waals surface area contributed by atoms with Crippen LogP contribution in [0.25, 0.3) is 0 Å². The first-order valence-electron chi connectivity index (χ1n) is 5.50. The quantitative estimate of drug-likeness (QED) is 0.568. The lowest BCUT2D eigenvalue weighted by Gasteiger charge is -2.27. The minimum atomic E-state index is 0.784. The molecule has 1 heteroatoms. The summed E-state index contributed by atoms with van der Waals surface area (Å²) in [4.78, 5) is 2.59. The molecule has 1 nitrogen and oxygen atoms in total. The van der Waals surface area contributed by atoms with E-state index in [9.17, 15) is 0 Å². The summed E-state index contributed by atoms with van der Waals surface area (Å²) in [7, 11) is 0. The average Bonchev–Trinajstić information content (AvgIpc) is 2.06. The maximum atomic E-state index is 2.59. The standard InChI is InChI=1S/C11H25N/c1-5-8-10-12(7-3)11(4)9-6-2/h11H,5-10H2,1-4H3/t11-/m0/s1. The van der Waals surface area contributed by atoms with Gasteiger partial charge in [-0.2, -0.15) is 0 Å². The fourth-order valence-electron chi connectivity index (χ4n) is 1.65. The van der Waals surface area contributed by atoms with E-state index in [1.807, 2.05) is 0 Å². The molecule has 0 aliphatic rings. The number of unbranched alkanes of at least 4 members (excludes halogenated alkanes) is 1. The summed E-state index contributed by atoms with van der Waals surface area (Å²) < 4.78 is 0. The van der Waals surface area contributed by atoms with Crippen molar-refractivity contribution in [1.29, 1.82) is 0 Å². The van der Waals surface area contributed by atoms with Crippen LogP contribution in [0.3, 0.4) is 0 Å². The molecular formula is C11H25N. The lowest BCUT2D eigenvalue weighted by molar-refractivity contribution is 0.206. The minimum absolute atomic E-state index is 0.784. The molecule has 0 bridgehead atoms. The van der Waals surface area contributed by atoms with Crippen LogP contribution in [-0.4, -0.2) is 24.0 Å². The fourth-order valence-corrected chi connectivity index (χ4v) is 1.65. The van der Waals surface area contributed by atoms with Gasteiger partial charge in [-0.25, -0.2) is 0 Å². The van der Waals surface area contributed by atoms with E-state index in [0.29, 0.717) is 0 Å². The number of nitrogens with zero attached hydrogens (tertiary/aromatic N) is 1. The first-order chi connectivity index (χ1) is 5.76. The Labute approximate surface area is 78.1 Å². The van der Waals surface area contributed by atoms with Gasteiger partial charge >= 0.3 is 0 Å². The summed E-state index contributed by atoms with van der Waals surface area (Å²) in [5.74, 6) is 0. The lowest BCUT2D eigenvalue weighted by atomic mass is 10.1. The SMILES string of the molecule is CCCCN(CC)[C@@H](C)CCC. The minimum Gasteiger partial charge on any atom is -0.301 e. The van der Waals surface area contributed by atoms with E-state index in [4.69, 9.17) is 0 Å². The predicted molar refractivity (Wildman–Crippen MR) is 56.5 cm³/mol. The number of hydrogen-bond donors (Lipinski definition) is 0. The fraction of sp³-hybridized carbons (Fsp3) is 1.00. The van der Waals surface area contributed by atoms with Crippen molar-refractivity contribution in [1.82, 2.24) is 4.90 Å². The molecule has 0 aromatic carbocycles. The van der Waals surface area contributed by atoms with Gasteiger partial charge in [0.1, 0.15) is 0 Å². The highest BCUT2D eigenvalue weighted by molar-refractivity contribution is 4.64. The first-order valence-corrected chi connectivity index (χ1v) is 5.50. The Kier molecular flexibility index (Phi) is 7.58. The summed E-state index contributed by atoms with van der Waals surface area (Å²) >= 11 is 0. The molecule has 0 unspecified atom stereocenters. The Bertz CT molecular complexity index is 91.0. The molecule has 0 saturated carbocycles. The van der Waals surface area contributed by atoms with Gasteiger partial charge in [0.15, 0.2) is 0 Å². The van der Waals surface area contributed by atoms with Crippen LogP contribution in [0.5, 0.6) is 0 Å². The Morgan fingerprint density at radius 2 is 1.75 bits per heavy atom. The van der Waals surface area contributed by atoms with Gasteiger partial charge in [0, 0.05) is 6.04 Å². The van der Waals surface area contributed by atoms with Crippen LogP contribution < -0.4 is 0 Å². The maximum absolute atomic E-state index is 2.59. The molecule has 0 aromatic rings. The molecule has 0 aromatic heterocycles. The van der Waals surface area contributed by atoms with Crippen molar-refractivity contribution < 1.29 is 0 Å². The second kappa shape index (κ2) is 7.60. The van der Waals surface area contributed by atoms with Crippen LogP contribution in [0.2, 0.25) is 0 Å². The highest BCUT2D eigenvalue weighted by Gasteiger charge is 2.09. The molecule has 1 atom stereocenters. The summed E-state index contributed by atoms with van der Waals surface area (Å²) in [5, 5.41) is 0. The number of hydrogen-bond acceptors (Lipinski definition) is 1. The van der Waals surface area contributed by atoms with Gasteiger partial charge in [-0.15, -0.1) is 0 Å². The van der Waals surface area contributed by atoms with Crippen LogP contribution in [0.1, 0.15) is 53.4 Å². The average molecular weight is 171 g/mol. The zero-order chi connectivity index (χ0) is 9.40. The van der Waals surface area contributed by atoms with Gasteiger partial charge in [0.25, 0.3) is 0 Å². The van der Waals surface area contributed by atoms with Crippen molar-refractivity contribution in [2.75, 3.05) is 13.1 Å². The normalized spacial score (nSPS) is 13.8. The predicted octanol–water partition coefficient (Wildman–Crippen LogP) is 3.30. The Balaban J connectivity index is 3.62. The third kappa shape index (κ3) is 4.76. The van der Waals surface area contributed by atoms with E-state index in [1.54, 1.807) is 0 Å². The molecule has 12 heavy (non-hydrogen) atoms. The van der Waals surface area contributed by atoms with Crippen molar-refractivity contribution in [3.8, 4) is 0 Å². The topological polar surface area (TPSA) is 3.24 Å². The molecular weight excluding hydrogens is 146 g/mol. The van der Waals surface area contributed by atoms with Crippen LogP contribution in [0, 0.1) is 0 Å². The monoisotopic (exact) mass is 171 g/mol. The van der Waals surface area contributed by atoms with E-state index in [1.165, 1.54) is 38.8 Å². The second-order valence-corrected chi connectivity index (χ2v) is 3.62. The van der Waals surface area contributed by atoms with Crippen LogP contribution in [0.15, 0.2) is 0 Å². The van der Waals surface area contributed by atoms with Crippen molar-refractivity contribution in [3.05, 3.63) is 0 Å². The molecule has 0 heterocycles. The molecule has 0 aliphatic carbocycles. The van der Waals surface area contributed by atoms with E-state index in [0.717, 1.165) is 6.04 Å². The lowest BCUT2D eigenvalue weighted by Crippen LogP contribution is -2.33. The molecule has 0 N–H and O–H groups in total. The summed E-state index contributed by atoms with van der Waals surface area (Å²) in [6.07, 6.45) is 5.32. The molecule has 0 spiro atoms. The van der Waals surface area contributed by atoms with Gasteiger partial charge in [-0.05, 0) is 32.9 Å². The third-order valence-corrected chi connectivity index (χ3v) is 2.53. The molecule has 0 aliphatic heterocycles. The van der Waals surface area contributed by atoms with Gasteiger partial charge in [0.2, 0.25) is 0 Å². The van der Waals surface area contributed by atoms with E-state index in [-0.39, 0.29) is 0 Å². The Morgan fingerprint density at radius 3 is 2.17 bits per heavy atom. The van der Waals surface area contributed by atoms with Crippen LogP contribution >= 0.6 is 0 Å². The van der Waals surface area contributed by atoms with Crippen LogP contribution in [0.4, 0.5) is 0 Å². The highest BCUT2D eigenvalue weighted by atomic mass is 15.1. The molecule has 0 amide bonds. The van der Waals surface area contributed by atoms with Gasteiger partial charge in [-0.1, -0.05) is 33.6 Å². The Morgan fingerprint density at radius 1 is 1.08 bits per heavy atom. The molecule has 0 saturated heterocycles. The zero-order valence-electron chi connectivity index (χ0n) is 9.27. The summed E-state index contributed by atoms with van der Waals surface area (Å²) in [6, 6.07) is 0.784. The van der Waals surface area contributed by atoms with Crippen molar-refractivity contribution in [3.63, 3.8) is 0 Å².